The van der Waals surface area contributed by atoms with E-state index in [-0.39, 0.29) is 10.8 Å². The lowest BCUT2D eigenvalue weighted by Crippen LogP contribution is -2.27. The highest BCUT2D eigenvalue weighted by Crippen LogP contribution is 2.20. The summed E-state index contributed by atoms with van der Waals surface area (Å²) in [5.41, 5.74) is -2.08. The second kappa shape index (κ2) is 3.60. The Morgan fingerprint density at radius 1 is 1.00 bits per heavy atom. The monoisotopic (exact) mass is 231 g/mol. The standard InChI is InChI=1S/C6H5F4NO2S/c7-5(8)3-1-14(12,13)2-4(11-3)6(9)10/h1-2,5-6,11H. The molecule has 0 fully saturated rings. The molecule has 0 radical (unpaired) electrons. The molecule has 0 aliphatic carbocycles. The summed E-state index contributed by atoms with van der Waals surface area (Å²) in [6, 6.07) is 0. The summed E-state index contributed by atoms with van der Waals surface area (Å²) in [6.45, 7) is 0. The SMILES string of the molecule is O=S1(=O)C=C(C(F)F)NC(C(F)F)=C1. The Labute approximate surface area is 77.0 Å². The largest absolute Gasteiger partial charge is 0.352 e. The molecular formula is C6H5F4NO2S. The van der Waals surface area contributed by atoms with Crippen molar-refractivity contribution in [1.82, 2.24) is 5.32 Å². The van der Waals surface area contributed by atoms with Crippen LogP contribution in [-0.2, 0) is 9.84 Å². The molecule has 0 amide bonds. The molecule has 0 saturated carbocycles. The van der Waals surface area contributed by atoms with Gasteiger partial charge in [-0.1, -0.05) is 0 Å². The zero-order valence-corrected chi connectivity index (χ0v) is 7.36. The Morgan fingerprint density at radius 2 is 1.36 bits per heavy atom. The van der Waals surface area contributed by atoms with E-state index in [4.69, 9.17) is 0 Å². The van der Waals surface area contributed by atoms with E-state index in [2.05, 4.69) is 0 Å². The molecule has 0 aromatic heterocycles. The maximum atomic E-state index is 12.0. The van der Waals surface area contributed by atoms with Gasteiger partial charge in [-0.05, 0) is 0 Å². The van der Waals surface area contributed by atoms with Crippen molar-refractivity contribution in [3.63, 3.8) is 0 Å². The summed E-state index contributed by atoms with van der Waals surface area (Å²) >= 11 is 0. The average molecular weight is 231 g/mol. The van der Waals surface area contributed by atoms with Gasteiger partial charge in [0.2, 0.25) is 0 Å². The zero-order valence-electron chi connectivity index (χ0n) is 6.55. The summed E-state index contributed by atoms with van der Waals surface area (Å²) in [7, 11) is -4.12. The molecule has 0 spiro atoms. The molecule has 1 heterocycles. The minimum atomic E-state index is -4.12. The Bertz CT molecular complexity index is 355. The fourth-order valence-corrected chi connectivity index (χ4v) is 1.93. The van der Waals surface area contributed by atoms with Crippen molar-refractivity contribution in [3.8, 4) is 0 Å². The fourth-order valence-electron chi connectivity index (χ4n) is 0.826. The van der Waals surface area contributed by atoms with Crippen molar-refractivity contribution in [3.05, 3.63) is 22.2 Å². The van der Waals surface area contributed by atoms with Crippen LogP contribution in [0.2, 0.25) is 0 Å². The number of alkyl halides is 4. The van der Waals surface area contributed by atoms with E-state index in [1.54, 1.807) is 5.32 Å². The molecule has 8 heteroatoms. The first-order valence-corrected chi connectivity index (χ1v) is 4.94. The first-order chi connectivity index (χ1) is 6.32. The molecule has 0 bridgehead atoms. The van der Waals surface area contributed by atoms with Crippen LogP contribution in [0.5, 0.6) is 0 Å². The van der Waals surface area contributed by atoms with Gasteiger partial charge in [-0.2, -0.15) is 0 Å². The second-order valence-corrected chi connectivity index (χ2v) is 4.11. The van der Waals surface area contributed by atoms with Crippen LogP contribution in [0.4, 0.5) is 17.6 Å². The van der Waals surface area contributed by atoms with E-state index in [9.17, 15) is 26.0 Å². The van der Waals surface area contributed by atoms with Crippen LogP contribution in [0.3, 0.4) is 0 Å². The summed E-state index contributed by atoms with van der Waals surface area (Å²) < 4.78 is 69.8. The molecule has 1 rings (SSSR count). The Kier molecular flexibility index (Phi) is 2.84. The molecule has 1 aliphatic rings. The molecule has 3 nitrogen and oxygen atoms in total. The van der Waals surface area contributed by atoms with Crippen LogP contribution in [0.1, 0.15) is 0 Å². The smallest absolute Gasteiger partial charge is 0.278 e. The molecule has 0 saturated heterocycles. The van der Waals surface area contributed by atoms with Crippen LogP contribution < -0.4 is 5.32 Å². The van der Waals surface area contributed by atoms with Crippen molar-refractivity contribution in [2.24, 2.45) is 0 Å². The maximum Gasteiger partial charge on any atom is 0.278 e. The topological polar surface area (TPSA) is 46.2 Å². The van der Waals surface area contributed by atoms with Crippen molar-refractivity contribution < 1.29 is 26.0 Å². The lowest BCUT2D eigenvalue weighted by Gasteiger charge is -2.16. The van der Waals surface area contributed by atoms with Crippen LogP contribution in [0.15, 0.2) is 22.2 Å². The van der Waals surface area contributed by atoms with Gasteiger partial charge in [-0.25, -0.2) is 26.0 Å². The molecule has 80 valence electrons. The highest BCUT2D eigenvalue weighted by atomic mass is 32.2. The first kappa shape index (κ1) is 11.0. The number of hydrogen-bond acceptors (Lipinski definition) is 3. The van der Waals surface area contributed by atoms with Gasteiger partial charge >= 0.3 is 0 Å². The van der Waals surface area contributed by atoms with Gasteiger partial charge in [-0.15, -0.1) is 0 Å². The van der Waals surface area contributed by atoms with E-state index in [1.807, 2.05) is 0 Å². The predicted molar refractivity (Wildman–Crippen MR) is 40.2 cm³/mol. The Morgan fingerprint density at radius 3 is 1.64 bits per heavy atom. The molecule has 0 aromatic carbocycles. The maximum absolute atomic E-state index is 12.0. The number of sulfone groups is 1. The molecule has 1 N–H and O–H groups in total. The highest BCUT2D eigenvalue weighted by Gasteiger charge is 2.26. The fraction of sp³-hybridized carbons (Fsp3) is 0.333. The Hall–Kier alpha value is -1.05. The zero-order chi connectivity index (χ0) is 10.9. The lowest BCUT2D eigenvalue weighted by molar-refractivity contribution is 0.163. The highest BCUT2D eigenvalue weighted by molar-refractivity contribution is 7.97. The van der Waals surface area contributed by atoms with E-state index < -0.39 is 34.1 Å². The molecule has 14 heavy (non-hydrogen) atoms. The first-order valence-electron chi connectivity index (χ1n) is 3.33. The third-order valence-corrected chi connectivity index (χ3v) is 2.51. The average Bonchev–Trinajstić information content (AvgIpc) is 2.01. The summed E-state index contributed by atoms with van der Waals surface area (Å²) in [4.78, 5) is 0. The summed E-state index contributed by atoms with van der Waals surface area (Å²) in [5, 5.41) is 2.10. The normalized spacial score (nSPS) is 20.4. The predicted octanol–water partition coefficient (Wildman–Crippen LogP) is 1.22. The molecule has 0 unspecified atom stereocenters. The summed E-state index contributed by atoms with van der Waals surface area (Å²) in [5.74, 6) is 0. The van der Waals surface area contributed by atoms with Crippen LogP contribution in [0.25, 0.3) is 0 Å². The molecule has 0 atom stereocenters. The van der Waals surface area contributed by atoms with Crippen molar-refractivity contribution in [1.29, 1.82) is 0 Å². The second-order valence-electron chi connectivity index (χ2n) is 2.46. The van der Waals surface area contributed by atoms with E-state index in [0.717, 1.165) is 0 Å². The van der Waals surface area contributed by atoms with Gasteiger partial charge in [0.05, 0.1) is 22.2 Å². The van der Waals surface area contributed by atoms with Crippen molar-refractivity contribution >= 4 is 9.84 Å². The number of rotatable bonds is 2. The Balaban J connectivity index is 3.07. The number of nitrogens with one attached hydrogen (secondary N) is 1. The number of hydrogen-bond donors (Lipinski definition) is 1. The van der Waals surface area contributed by atoms with Crippen LogP contribution in [-0.4, -0.2) is 21.3 Å². The van der Waals surface area contributed by atoms with Gasteiger partial charge in [0, 0.05) is 0 Å². The van der Waals surface area contributed by atoms with Crippen LogP contribution >= 0.6 is 0 Å². The van der Waals surface area contributed by atoms with Crippen LogP contribution in [0, 0.1) is 0 Å². The minimum Gasteiger partial charge on any atom is -0.352 e. The third-order valence-electron chi connectivity index (χ3n) is 1.34. The molecule has 1 aliphatic heterocycles. The van der Waals surface area contributed by atoms with E-state index >= 15 is 0 Å². The number of halogens is 4. The lowest BCUT2D eigenvalue weighted by atomic mass is 10.4. The van der Waals surface area contributed by atoms with Gasteiger partial charge in [-0.3, -0.25) is 0 Å². The number of allylic oxidation sites excluding steroid dienone is 2. The minimum absolute atomic E-state index is 0.226. The molecular weight excluding hydrogens is 226 g/mol. The van der Waals surface area contributed by atoms with Crippen molar-refractivity contribution in [2.45, 2.75) is 12.9 Å². The van der Waals surface area contributed by atoms with Gasteiger partial charge < -0.3 is 5.32 Å². The van der Waals surface area contributed by atoms with Crippen molar-refractivity contribution in [2.75, 3.05) is 0 Å². The van der Waals surface area contributed by atoms with E-state index in [0.29, 0.717) is 0 Å². The van der Waals surface area contributed by atoms with Gasteiger partial charge in [0.25, 0.3) is 12.9 Å². The quantitative estimate of drug-likeness (QED) is 0.727. The third kappa shape index (κ3) is 2.47. The van der Waals surface area contributed by atoms with E-state index in [1.165, 1.54) is 0 Å². The van der Waals surface area contributed by atoms with Gasteiger partial charge in [0.1, 0.15) is 0 Å². The molecule has 0 aromatic rings. The van der Waals surface area contributed by atoms with Gasteiger partial charge in [0.15, 0.2) is 9.84 Å². The summed E-state index contributed by atoms with van der Waals surface area (Å²) in [6.07, 6.45) is -6.26.